The van der Waals surface area contributed by atoms with Crippen molar-refractivity contribution in [1.29, 1.82) is 5.26 Å². The highest BCUT2D eigenvalue weighted by molar-refractivity contribution is 7.92. The van der Waals surface area contributed by atoms with Crippen LogP contribution in [0, 0.1) is 17.2 Å². The van der Waals surface area contributed by atoms with Gasteiger partial charge in [0.1, 0.15) is 18.0 Å². The molecule has 1 aliphatic carbocycles. The van der Waals surface area contributed by atoms with Crippen molar-refractivity contribution >= 4 is 27.5 Å². The standard InChI is InChI=1S/C23H26N4O5S/c1-33(30,31)27-17-8-12-19(13-9-17)32-18-10-6-16(7-11-18)22(28)26-21-5-3-2-4-20(21)23(29)25-15-14-24/h6-13,20-21,27H,2-5,15H2,1H3,(H,25,29)(H,26,28)/t20-,21+/m1/s1. The van der Waals surface area contributed by atoms with Crippen LogP contribution >= 0.6 is 0 Å². The number of carbonyl (C=O) groups is 2. The van der Waals surface area contributed by atoms with Gasteiger partial charge in [0.05, 0.1) is 18.2 Å². The Kier molecular flexibility index (Phi) is 7.90. The number of sulfonamides is 1. The predicted molar refractivity (Wildman–Crippen MR) is 123 cm³/mol. The maximum atomic E-state index is 12.7. The Morgan fingerprint density at radius 2 is 1.64 bits per heavy atom. The summed E-state index contributed by atoms with van der Waals surface area (Å²) in [6, 6.07) is 14.7. The molecule has 3 rings (SSSR count). The third kappa shape index (κ3) is 7.22. The van der Waals surface area contributed by atoms with Crippen LogP contribution in [-0.4, -0.2) is 39.1 Å². The summed E-state index contributed by atoms with van der Waals surface area (Å²) in [6.07, 6.45) is 4.30. The molecule has 0 unspecified atom stereocenters. The second-order valence-electron chi connectivity index (χ2n) is 7.87. The van der Waals surface area contributed by atoms with E-state index in [1.165, 1.54) is 0 Å². The Labute approximate surface area is 193 Å². The summed E-state index contributed by atoms with van der Waals surface area (Å²) in [7, 11) is -3.35. The topological polar surface area (TPSA) is 137 Å². The molecule has 2 aromatic rings. The van der Waals surface area contributed by atoms with Gasteiger partial charge in [0.25, 0.3) is 5.91 Å². The van der Waals surface area contributed by atoms with Crippen molar-refractivity contribution in [3.8, 4) is 17.6 Å². The van der Waals surface area contributed by atoms with Crippen molar-refractivity contribution in [2.75, 3.05) is 17.5 Å². The van der Waals surface area contributed by atoms with Gasteiger partial charge < -0.3 is 15.4 Å². The zero-order valence-corrected chi connectivity index (χ0v) is 19.0. The number of ether oxygens (including phenoxy) is 1. The molecule has 1 fully saturated rings. The smallest absolute Gasteiger partial charge is 0.251 e. The molecule has 174 valence electrons. The van der Waals surface area contributed by atoms with Gasteiger partial charge >= 0.3 is 0 Å². The second-order valence-corrected chi connectivity index (χ2v) is 9.62. The molecule has 0 radical (unpaired) electrons. The van der Waals surface area contributed by atoms with Gasteiger partial charge in [-0.05, 0) is 61.4 Å². The van der Waals surface area contributed by atoms with Crippen LogP contribution in [0.25, 0.3) is 0 Å². The van der Waals surface area contributed by atoms with Crippen molar-refractivity contribution in [3.63, 3.8) is 0 Å². The van der Waals surface area contributed by atoms with Gasteiger partial charge in [-0.2, -0.15) is 5.26 Å². The minimum absolute atomic E-state index is 0.0472. The Bertz CT molecular complexity index is 1120. The number of hydrogen-bond donors (Lipinski definition) is 3. The first kappa shape index (κ1) is 24.1. The van der Waals surface area contributed by atoms with Crippen molar-refractivity contribution in [1.82, 2.24) is 10.6 Å². The number of nitriles is 1. The number of nitrogens with one attached hydrogen (secondary N) is 3. The number of anilines is 1. The number of carbonyl (C=O) groups excluding carboxylic acids is 2. The van der Waals surface area contributed by atoms with Crippen LogP contribution in [-0.2, 0) is 14.8 Å². The zero-order valence-electron chi connectivity index (χ0n) is 18.2. The molecular formula is C23H26N4O5S. The first-order valence-corrected chi connectivity index (χ1v) is 12.5. The Morgan fingerprint density at radius 1 is 1.03 bits per heavy atom. The molecule has 3 N–H and O–H groups in total. The summed E-state index contributed by atoms with van der Waals surface area (Å²) in [6.45, 7) is -0.0472. The number of hydrogen-bond acceptors (Lipinski definition) is 6. The van der Waals surface area contributed by atoms with E-state index < -0.39 is 10.0 Å². The van der Waals surface area contributed by atoms with Crippen LogP contribution in [0.4, 0.5) is 5.69 Å². The molecule has 0 spiro atoms. The molecule has 1 saturated carbocycles. The lowest BCUT2D eigenvalue weighted by atomic mass is 9.83. The van der Waals surface area contributed by atoms with Gasteiger partial charge in [0.15, 0.2) is 0 Å². The van der Waals surface area contributed by atoms with Crippen molar-refractivity contribution in [2.45, 2.75) is 31.7 Å². The molecular weight excluding hydrogens is 444 g/mol. The van der Waals surface area contributed by atoms with Crippen LogP contribution in [0.5, 0.6) is 11.5 Å². The average Bonchev–Trinajstić information content (AvgIpc) is 2.78. The number of benzene rings is 2. The number of rotatable bonds is 8. The molecule has 2 aromatic carbocycles. The van der Waals surface area contributed by atoms with Crippen LogP contribution in [0.3, 0.4) is 0 Å². The fourth-order valence-electron chi connectivity index (χ4n) is 3.74. The molecule has 9 nitrogen and oxygen atoms in total. The van der Waals surface area contributed by atoms with Crippen LogP contribution in [0.15, 0.2) is 48.5 Å². The highest BCUT2D eigenvalue weighted by atomic mass is 32.2. The van der Waals surface area contributed by atoms with Crippen molar-refractivity contribution in [3.05, 3.63) is 54.1 Å². The SMILES string of the molecule is CS(=O)(=O)Nc1ccc(Oc2ccc(C(=O)N[C@H]3CCCC[C@H]3C(=O)NCC#N)cc2)cc1. The summed E-state index contributed by atoms with van der Waals surface area (Å²) < 4.78 is 30.7. The number of amides is 2. The maximum Gasteiger partial charge on any atom is 0.251 e. The largest absolute Gasteiger partial charge is 0.457 e. The highest BCUT2D eigenvalue weighted by Gasteiger charge is 2.32. The third-order valence-corrected chi connectivity index (χ3v) is 5.88. The summed E-state index contributed by atoms with van der Waals surface area (Å²) in [4.78, 5) is 25.1. The molecule has 0 aromatic heterocycles. The summed E-state index contributed by atoms with van der Waals surface area (Å²) in [5.74, 6) is 0.200. The molecule has 2 amide bonds. The Morgan fingerprint density at radius 3 is 2.24 bits per heavy atom. The zero-order chi connectivity index (χ0) is 23.8. The molecule has 0 saturated heterocycles. The fourth-order valence-corrected chi connectivity index (χ4v) is 4.31. The van der Waals surface area contributed by atoms with Gasteiger partial charge in [-0.3, -0.25) is 14.3 Å². The average molecular weight is 471 g/mol. The molecule has 2 atom stereocenters. The lowest BCUT2D eigenvalue weighted by molar-refractivity contribution is -0.126. The van der Waals surface area contributed by atoms with Gasteiger partial charge in [-0.1, -0.05) is 12.8 Å². The molecule has 0 bridgehead atoms. The first-order valence-electron chi connectivity index (χ1n) is 10.6. The quantitative estimate of drug-likeness (QED) is 0.507. The molecule has 1 aliphatic rings. The lowest BCUT2D eigenvalue weighted by Crippen LogP contribution is -2.48. The predicted octanol–water partition coefficient (Wildman–Crippen LogP) is 2.78. The van der Waals surface area contributed by atoms with E-state index in [4.69, 9.17) is 10.00 Å². The van der Waals surface area contributed by atoms with Crippen LogP contribution < -0.4 is 20.1 Å². The molecule has 0 aliphatic heterocycles. The van der Waals surface area contributed by atoms with E-state index in [1.807, 2.05) is 6.07 Å². The molecule has 10 heteroatoms. The lowest BCUT2D eigenvalue weighted by Gasteiger charge is -2.31. The van der Waals surface area contributed by atoms with Gasteiger partial charge in [0, 0.05) is 17.3 Å². The van der Waals surface area contributed by atoms with E-state index in [2.05, 4.69) is 15.4 Å². The Hall–Kier alpha value is -3.58. The maximum absolute atomic E-state index is 12.7. The van der Waals surface area contributed by atoms with Crippen molar-refractivity contribution in [2.24, 2.45) is 5.92 Å². The monoisotopic (exact) mass is 470 g/mol. The van der Waals surface area contributed by atoms with E-state index in [0.29, 0.717) is 35.6 Å². The van der Waals surface area contributed by atoms with E-state index >= 15 is 0 Å². The molecule has 0 heterocycles. The fraction of sp³-hybridized carbons (Fsp3) is 0.348. The summed E-state index contributed by atoms with van der Waals surface area (Å²) in [5.41, 5.74) is 0.871. The summed E-state index contributed by atoms with van der Waals surface area (Å²) >= 11 is 0. The first-order chi connectivity index (χ1) is 15.7. The third-order valence-electron chi connectivity index (χ3n) is 5.27. The van der Waals surface area contributed by atoms with Gasteiger partial charge in [-0.15, -0.1) is 0 Å². The van der Waals surface area contributed by atoms with Gasteiger partial charge in [-0.25, -0.2) is 8.42 Å². The van der Waals surface area contributed by atoms with Gasteiger partial charge in [0.2, 0.25) is 15.9 Å². The van der Waals surface area contributed by atoms with Crippen LogP contribution in [0.1, 0.15) is 36.0 Å². The Balaban J connectivity index is 1.59. The van der Waals surface area contributed by atoms with E-state index in [1.54, 1.807) is 48.5 Å². The molecule has 33 heavy (non-hydrogen) atoms. The highest BCUT2D eigenvalue weighted by Crippen LogP contribution is 2.26. The normalized spacial score (nSPS) is 17.9. The minimum atomic E-state index is -3.35. The van der Waals surface area contributed by atoms with E-state index in [9.17, 15) is 18.0 Å². The van der Waals surface area contributed by atoms with Crippen LogP contribution in [0.2, 0.25) is 0 Å². The van der Waals surface area contributed by atoms with E-state index in [-0.39, 0.29) is 30.3 Å². The number of nitrogens with zero attached hydrogens (tertiary/aromatic N) is 1. The summed E-state index contributed by atoms with van der Waals surface area (Å²) in [5, 5.41) is 14.2. The minimum Gasteiger partial charge on any atom is -0.457 e. The second kappa shape index (κ2) is 10.8. The van der Waals surface area contributed by atoms with E-state index in [0.717, 1.165) is 19.1 Å². The van der Waals surface area contributed by atoms with Crippen molar-refractivity contribution < 1.29 is 22.7 Å².